The number of rotatable bonds is 4. The van der Waals surface area contributed by atoms with E-state index in [1.54, 1.807) is 4.90 Å². The summed E-state index contributed by atoms with van der Waals surface area (Å²) in [6.45, 7) is 4.25. The van der Waals surface area contributed by atoms with Gasteiger partial charge in [0.15, 0.2) is 9.84 Å². The standard InChI is InChI=1S/C17H28N2O5S/c1-2-19(14-7-11-25(22,23)12-14)16(20)13-5-8-18(9-6-13)17(21)15-4-3-10-24-15/h13-15H,2-12H2,1H3. The van der Waals surface area contributed by atoms with Gasteiger partial charge in [0.25, 0.3) is 5.91 Å². The van der Waals surface area contributed by atoms with E-state index < -0.39 is 9.84 Å². The lowest BCUT2D eigenvalue weighted by atomic mass is 9.94. The zero-order valence-corrected chi connectivity index (χ0v) is 15.7. The average Bonchev–Trinajstić information content (AvgIpc) is 3.25. The van der Waals surface area contributed by atoms with Crippen molar-refractivity contribution >= 4 is 21.7 Å². The Balaban J connectivity index is 1.54. The summed E-state index contributed by atoms with van der Waals surface area (Å²) in [6, 6.07) is -0.186. The highest BCUT2D eigenvalue weighted by Crippen LogP contribution is 2.26. The molecule has 3 aliphatic heterocycles. The van der Waals surface area contributed by atoms with Gasteiger partial charge < -0.3 is 14.5 Å². The number of nitrogens with zero attached hydrogens (tertiary/aromatic N) is 2. The number of carbonyl (C=O) groups is 2. The van der Waals surface area contributed by atoms with E-state index in [0.29, 0.717) is 45.5 Å². The van der Waals surface area contributed by atoms with Gasteiger partial charge in [-0.25, -0.2) is 8.42 Å². The molecular formula is C17H28N2O5S. The molecule has 0 bridgehead atoms. The third-order valence-electron chi connectivity index (χ3n) is 5.63. The predicted octanol–water partition coefficient (Wildman–Crippen LogP) is 0.440. The lowest BCUT2D eigenvalue weighted by Crippen LogP contribution is -2.49. The minimum atomic E-state index is -3.00. The SMILES string of the molecule is CCN(C(=O)C1CCN(C(=O)C2CCCO2)CC1)C1CCS(=O)(=O)C1. The molecule has 2 unspecified atom stereocenters. The van der Waals surface area contributed by atoms with Gasteiger partial charge in [0.1, 0.15) is 6.10 Å². The molecule has 3 saturated heterocycles. The molecule has 142 valence electrons. The second-order valence-electron chi connectivity index (χ2n) is 7.28. The molecule has 2 atom stereocenters. The first kappa shape index (κ1) is 18.6. The minimum Gasteiger partial charge on any atom is -0.368 e. The van der Waals surface area contributed by atoms with Gasteiger partial charge >= 0.3 is 0 Å². The predicted molar refractivity (Wildman–Crippen MR) is 92.7 cm³/mol. The Morgan fingerprint density at radius 1 is 1.16 bits per heavy atom. The quantitative estimate of drug-likeness (QED) is 0.715. The molecule has 3 aliphatic rings. The van der Waals surface area contributed by atoms with Crippen LogP contribution in [0.25, 0.3) is 0 Å². The number of piperidine rings is 1. The lowest BCUT2D eigenvalue weighted by Gasteiger charge is -2.36. The number of likely N-dealkylation sites (tertiary alicyclic amines) is 1. The molecule has 0 spiro atoms. The van der Waals surface area contributed by atoms with Crippen molar-refractivity contribution in [2.45, 2.75) is 51.2 Å². The molecule has 0 N–H and O–H groups in total. The van der Waals surface area contributed by atoms with E-state index in [2.05, 4.69) is 0 Å². The molecule has 3 rings (SSSR count). The van der Waals surface area contributed by atoms with Gasteiger partial charge in [0, 0.05) is 38.2 Å². The van der Waals surface area contributed by atoms with E-state index in [-0.39, 0.29) is 41.4 Å². The maximum atomic E-state index is 12.9. The molecule has 0 radical (unpaired) electrons. The molecule has 7 nitrogen and oxygen atoms in total. The largest absolute Gasteiger partial charge is 0.368 e. The van der Waals surface area contributed by atoms with E-state index in [1.807, 2.05) is 11.8 Å². The number of hydrogen-bond acceptors (Lipinski definition) is 5. The Morgan fingerprint density at radius 3 is 2.40 bits per heavy atom. The Bertz CT molecular complexity index is 607. The van der Waals surface area contributed by atoms with Crippen molar-refractivity contribution in [1.82, 2.24) is 9.80 Å². The molecule has 2 amide bonds. The van der Waals surface area contributed by atoms with Crippen LogP contribution in [0.1, 0.15) is 39.0 Å². The van der Waals surface area contributed by atoms with E-state index >= 15 is 0 Å². The molecule has 0 aromatic rings. The second kappa shape index (κ2) is 7.61. The summed E-state index contributed by atoms with van der Waals surface area (Å²) in [6.07, 6.45) is 3.25. The number of hydrogen-bond donors (Lipinski definition) is 0. The van der Waals surface area contributed by atoms with Crippen LogP contribution in [0.4, 0.5) is 0 Å². The average molecular weight is 372 g/mol. The van der Waals surface area contributed by atoms with Crippen LogP contribution in [0.5, 0.6) is 0 Å². The highest BCUT2D eigenvalue weighted by atomic mass is 32.2. The number of carbonyl (C=O) groups excluding carboxylic acids is 2. The Kier molecular flexibility index (Phi) is 5.68. The van der Waals surface area contributed by atoms with Gasteiger partial charge in [0.2, 0.25) is 5.91 Å². The van der Waals surface area contributed by atoms with Crippen molar-refractivity contribution in [3.8, 4) is 0 Å². The monoisotopic (exact) mass is 372 g/mol. The highest BCUT2D eigenvalue weighted by Gasteiger charge is 2.38. The van der Waals surface area contributed by atoms with Gasteiger partial charge in [-0.3, -0.25) is 9.59 Å². The maximum Gasteiger partial charge on any atom is 0.251 e. The summed E-state index contributed by atoms with van der Waals surface area (Å²) in [4.78, 5) is 28.8. The fraction of sp³-hybridized carbons (Fsp3) is 0.882. The summed E-state index contributed by atoms with van der Waals surface area (Å²) in [5.41, 5.74) is 0. The van der Waals surface area contributed by atoms with Crippen molar-refractivity contribution in [1.29, 1.82) is 0 Å². The third-order valence-corrected chi connectivity index (χ3v) is 7.38. The fourth-order valence-corrected chi connectivity index (χ4v) is 5.90. The molecule has 0 aliphatic carbocycles. The van der Waals surface area contributed by atoms with Crippen LogP contribution in [0.3, 0.4) is 0 Å². The Labute approximate surface area is 149 Å². The van der Waals surface area contributed by atoms with Crippen LogP contribution in [0, 0.1) is 5.92 Å². The zero-order chi connectivity index (χ0) is 18.0. The first-order valence-corrected chi connectivity index (χ1v) is 11.1. The Hall–Kier alpha value is -1.15. The van der Waals surface area contributed by atoms with Crippen molar-refractivity contribution in [3.05, 3.63) is 0 Å². The summed E-state index contributed by atoms with van der Waals surface area (Å²) >= 11 is 0. The molecule has 0 aromatic heterocycles. The van der Waals surface area contributed by atoms with Gasteiger partial charge in [0.05, 0.1) is 11.5 Å². The van der Waals surface area contributed by atoms with Crippen LogP contribution < -0.4 is 0 Å². The summed E-state index contributed by atoms with van der Waals surface area (Å²) in [5.74, 6) is 0.252. The Morgan fingerprint density at radius 2 is 1.88 bits per heavy atom. The molecular weight excluding hydrogens is 344 g/mol. The van der Waals surface area contributed by atoms with Crippen molar-refractivity contribution in [2.75, 3.05) is 37.7 Å². The molecule has 0 saturated carbocycles. The van der Waals surface area contributed by atoms with Crippen LogP contribution >= 0.6 is 0 Å². The van der Waals surface area contributed by atoms with Gasteiger partial charge in [-0.15, -0.1) is 0 Å². The maximum absolute atomic E-state index is 12.9. The first-order valence-electron chi connectivity index (χ1n) is 9.32. The molecule has 25 heavy (non-hydrogen) atoms. The number of sulfone groups is 1. The van der Waals surface area contributed by atoms with E-state index in [9.17, 15) is 18.0 Å². The molecule has 3 heterocycles. The van der Waals surface area contributed by atoms with E-state index in [0.717, 1.165) is 12.8 Å². The van der Waals surface area contributed by atoms with Crippen LogP contribution in [0.15, 0.2) is 0 Å². The summed E-state index contributed by atoms with van der Waals surface area (Å²) < 4.78 is 28.9. The number of amides is 2. The third kappa shape index (κ3) is 4.16. The van der Waals surface area contributed by atoms with Gasteiger partial charge in [-0.2, -0.15) is 0 Å². The molecule has 3 fully saturated rings. The van der Waals surface area contributed by atoms with Crippen LogP contribution in [-0.2, 0) is 24.2 Å². The normalized spacial score (nSPS) is 29.7. The van der Waals surface area contributed by atoms with Crippen LogP contribution in [-0.4, -0.2) is 79.9 Å². The lowest BCUT2D eigenvalue weighted by molar-refractivity contribution is -0.146. The van der Waals surface area contributed by atoms with Gasteiger partial charge in [-0.1, -0.05) is 0 Å². The second-order valence-corrected chi connectivity index (χ2v) is 9.51. The van der Waals surface area contributed by atoms with Gasteiger partial charge in [-0.05, 0) is 39.0 Å². The highest BCUT2D eigenvalue weighted by molar-refractivity contribution is 7.91. The smallest absolute Gasteiger partial charge is 0.251 e. The van der Waals surface area contributed by atoms with Crippen molar-refractivity contribution in [2.24, 2.45) is 5.92 Å². The summed E-state index contributed by atoms with van der Waals surface area (Å²) in [7, 11) is -3.00. The van der Waals surface area contributed by atoms with E-state index in [4.69, 9.17) is 4.74 Å². The molecule has 8 heteroatoms. The minimum absolute atomic E-state index is 0.0498. The first-order chi connectivity index (χ1) is 11.9. The number of ether oxygens (including phenoxy) is 1. The fourth-order valence-electron chi connectivity index (χ4n) is 4.17. The zero-order valence-electron chi connectivity index (χ0n) is 14.9. The van der Waals surface area contributed by atoms with Crippen LogP contribution in [0.2, 0.25) is 0 Å². The van der Waals surface area contributed by atoms with Crippen molar-refractivity contribution in [3.63, 3.8) is 0 Å². The van der Waals surface area contributed by atoms with E-state index in [1.165, 1.54) is 0 Å². The molecule has 0 aromatic carbocycles. The summed E-state index contributed by atoms with van der Waals surface area (Å²) in [5, 5.41) is 0. The van der Waals surface area contributed by atoms with Crippen molar-refractivity contribution < 1.29 is 22.7 Å². The topological polar surface area (TPSA) is 84.0 Å².